The van der Waals surface area contributed by atoms with E-state index in [2.05, 4.69) is 10.5 Å². The lowest BCUT2D eigenvalue weighted by molar-refractivity contribution is -0.143. The Morgan fingerprint density at radius 1 is 1.36 bits per heavy atom. The molecule has 134 valence electrons. The van der Waals surface area contributed by atoms with Gasteiger partial charge in [-0.2, -0.15) is 0 Å². The molecule has 1 fully saturated rings. The zero-order valence-corrected chi connectivity index (χ0v) is 14.3. The molecule has 1 aromatic carbocycles. The average molecular weight is 345 g/mol. The summed E-state index contributed by atoms with van der Waals surface area (Å²) in [5, 5.41) is 16.0. The maximum absolute atomic E-state index is 12.2. The molecule has 2 aliphatic rings. The lowest BCUT2D eigenvalue weighted by Crippen LogP contribution is -2.48. The number of piperidine rings is 1. The van der Waals surface area contributed by atoms with E-state index in [1.54, 1.807) is 4.90 Å². The summed E-state index contributed by atoms with van der Waals surface area (Å²) in [7, 11) is 0. The highest BCUT2D eigenvalue weighted by atomic mass is 16.6. The van der Waals surface area contributed by atoms with Crippen molar-refractivity contribution in [1.82, 2.24) is 10.2 Å². The molecule has 0 aliphatic carbocycles. The van der Waals surface area contributed by atoms with Gasteiger partial charge in [0.15, 0.2) is 6.10 Å². The minimum Gasteiger partial charge on any atom is -0.481 e. The number of likely N-dealkylation sites (tertiary alicyclic amines) is 1. The first-order chi connectivity index (χ1) is 12.0. The van der Waals surface area contributed by atoms with Crippen LogP contribution in [0.25, 0.3) is 0 Å². The van der Waals surface area contributed by atoms with Gasteiger partial charge in [-0.1, -0.05) is 35.0 Å². The number of carbonyl (C=O) groups is 2. The van der Waals surface area contributed by atoms with Crippen LogP contribution in [0.2, 0.25) is 0 Å². The van der Waals surface area contributed by atoms with Gasteiger partial charge in [-0.15, -0.1) is 0 Å². The number of aliphatic carboxylic acids is 1. The first kappa shape index (κ1) is 17.3. The lowest BCUT2D eigenvalue weighted by Gasteiger charge is -2.30. The highest BCUT2D eigenvalue weighted by Gasteiger charge is 2.29. The molecule has 7 nitrogen and oxygen atoms in total. The van der Waals surface area contributed by atoms with Gasteiger partial charge in [0.2, 0.25) is 0 Å². The second-order valence-corrected chi connectivity index (χ2v) is 6.65. The molecule has 2 amide bonds. The van der Waals surface area contributed by atoms with Crippen LogP contribution in [0.3, 0.4) is 0 Å². The number of hydrogen-bond acceptors (Lipinski definition) is 4. The number of carbonyl (C=O) groups excluding carboxylic acids is 1. The van der Waals surface area contributed by atoms with Gasteiger partial charge in [-0.25, -0.2) is 4.79 Å². The Labute approximate surface area is 146 Å². The van der Waals surface area contributed by atoms with Gasteiger partial charge in [-0.05, 0) is 25.3 Å². The van der Waals surface area contributed by atoms with E-state index in [0.29, 0.717) is 32.4 Å². The summed E-state index contributed by atoms with van der Waals surface area (Å²) in [6.07, 6.45) is 1.78. The number of carboxylic acids is 1. The molecule has 2 heterocycles. The molecule has 1 saturated heterocycles. The Kier molecular flexibility index (Phi) is 5.21. The highest BCUT2D eigenvalue weighted by molar-refractivity contribution is 6.01. The third-order valence-corrected chi connectivity index (χ3v) is 4.66. The predicted octanol–water partition coefficient (Wildman–Crippen LogP) is 1.99. The Morgan fingerprint density at radius 2 is 2.12 bits per heavy atom. The quantitative estimate of drug-likeness (QED) is 0.873. The van der Waals surface area contributed by atoms with E-state index < -0.39 is 11.9 Å². The van der Waals surface area contributed by atoms with Gasteiger partial charge in [-0.3, -0.25) is 4.79 Å². The molecule has 2 aliphatic heterocycles. The molecule has 3 rings (SSSR count). The molecule has 2 N–H and O–H groups in total. The lowest BCUT2D eigenvalue weighted by atomic mass is 9.99. The average Bonchev–Trinajstić information content (AvgIpc) is 3.09. The minimum absolute atomic E-state index is 0.194. The van der Waals surface area contributed by atoms with Gasteiger partial charge < -0.3 is 20.2 Å². The highest BCUT2D eigenvalue weighted by Crippen LogP contribution is 2.18. The van der Waals surface area contributed by atoms with E-state index in [9.17, 15) is 9.59 Å². The normalized spacial score (nSPS) is 22.9. The number of nitrogens with one attached hydrogen (secondary N) is 1. The topological polar surface area (TPSA) is 91.2 Å². The van der Waals surface area contributed by atoms with Crippen LogP contribution in [-0.2, 0) is 9.63 Å². The molecule has 7 heteroatoms. The van der Waals surface area contributed by atoms with Crippen LogP contribution in [-0.4, -0.2) is 53.5 Å². The second-order valence-electron chi connectivity index (χ2n) is 6.65. The summed E-state index contributed by atoms with van der Waals surface area (Å²) in [6.45, 7) is 3.24. The van der Waals surface area contributed by atoms with Crippen LogP contribution in [0.1, 0.15) is 30.4 Å². The Morgan fingerprint density at radius 3 is 2.84 bits per heavy atom. The van der Waals surface area contributed by atoms with Crippen LogP contribution >= 0.6 is 0 Å². The number of amides is 2. The molecular weight excluding hydrogens is 322 g/mol. The smallest absolute Gasteiger partial charge is 0.317 e. The standard InChI is InChI=1S/C18H23N3O4/c1-12-4-6-13(7-5-12)16-9-15(25-20-16)10-19-18(24)21-8-2-3-14(11-21)17(22)23/h4-7,14-15H,2-3,8-11H2,1H3,(H,19,24)(H,22,23). The van der Waals surface area contributed by atoms with Crippen LogP contribution in [0, 0.1) is 12.8 Å². The molecule has 0 bridgehead atoms. The number of urea groups is 1. The van der Waals surface area contributed by atoms with E-state index in [4.69, 9.17) is 9.94 Å². The largest absolute Gasteiger partial charge is 0.481 e. The summed E-state index contributed by atoms with van der Waals surface area (Å²) in [5.74, 6) is -1.31. The monoisotopic (exact) mass is 345 g/mol. The summed E-state index contributed by atoms with van der Waals surface area (Å²) >= 11 is 0. The molecule has 2 unspecified atom stereocenters. The van der Waals surface area contributed by atoms with Crippen molar-refractivity contribution in [3.05, 3.63) is 35.4 Å². The Hall–Kier alpha value is -2.57. The number of oxime groups is 1. The number of rotatable bonds is 4. The SMILES string of the molecule is Cc1ccc(C2=NOC(CNC(=O)N3CCCC(C(=O)O)C3)C2)cc1. The first-order valence-corrected chi connectivity index (χ1v) is 8.58. The third kappa shape index (κ3) is 4.29. The number of benzene rings is 1. The van der Waals surface area contributed by atoms with Gasteiger partial charge in [0.25, 0.3) is 0 Å². The van der Waals surface area contributed by atoms with E-state index >= 15 is 0 Å². The maximum atomic E-state index is 12.2. The second kappa shape index (κ2) is 7.55. The molecule has 0 radical (unpaired) electrons. The van der Waals surface area contributed by atoms with Crippen molar-refractivity contribution in [3.8, 4) is 0 Å². The van der Waals surface area contributed by atoms with Crippen LogP contribution in [0.15, 0.2) is 29.4 Å². The van der Waals surface area contributed by atoms with Crippen molar-refractivity contribution < 1.29 is 19.5 Å². The number of carboxylic acid groups (broad SMARTS) is 1. The fraction of sp³-hybridized carbons (Fsp3) is 0.500. The number of hydrogen-bond donors (Lipinski definition) is 2. The third-order valence-electron chi connectivity index (χ3n) is 4.66. The van der Waals surface area contributed by atoms with E-state index in [1.165, 1.54) is 5.56 Å². The van der Waals surface area contributed by atoms with Gasteiger partial charge >= 0.3 is 12.0 Å². The molecule has 0 saturated carbocycles. The summed E-state index contributed by atoms with van der Waals surface area (Å²) < 4.78 is 0. The Balaban J connectivity index is 1.46. The van der Waals surface area contributed by atoms with E-state index in [-0.39, 0.29) is 18.7 Å². The molecule has 2 atom stereocenters. The van der Waals surface area contributed by atoms with Crippen LogP contribution in [0.5, 0.6) is 0 Å². The zero-order valence-electron chi connectivity index (χ0n) is 14.3. The maximum Gasteiger partial charge on any atom is 0.317 e. The number of aryl methyl sites for hydroxylation is 1. The molecule has 1 aromatic rings. The van der Waals surface area contributed by atoms with Crippen molar-refractivity contribution >= 4 is 17.7 Å². The van der Waals surface area contributed by atoms with Crippen LogP contribution in [0.4, 0.5) is 4.79 Å². The van der Waals surface area contributed by atoms with Crippen molar-refractivity contribution in [2.24, 2.45) is 11.1 Å². The summed E-state index contributed by atoms with van der Waals surface area (Å²) in [5.41, 5.74) is 3.09. The molecular formula is C18H23N3O4. The molecule has 0 aromatic heterocycles. The Bertz CT molecular complexity index is 671. The van der Waals surface area contributed by atoms with Crippen molar-refractivity contribution in [2.45, 2.75) is 32.3 Å². The van der Waals surface area contributed by atoms with Crippen LogP contribution < -0.4 is 5.32 Å². The fourth-order valence-corrected chi connectivity index (χ4v) is 3.13. The molecule has 25 heavy (non-hydrogen) atoms. The van der Waals surface area contributed by atoms with Gasteiger partial charge in [0.1, 0.15) is 0 Å². The van der Waals surface area contributed by atoms with Gasteiger partial charge in [0.05, 0.1) is 18.2 Å². The van der Waals surface area contributed by atoms with Crippen molar-refractivity contribution in [1.29, 1.82) is 0 Å². The van der Waals surface area contributed by atoms with E-state index in [1.807, 2.05) is 31.2 Å². The minimum atomic E-state index is -0.840. The predicted molar refractivity (Wildman–Crippen MR) is 92.5 cm³/mol. The number of nitrogens with zero attached hydrogens (tertiary/aromatic N) is 2. The summed E-state index contributed by atoms with van der Waals surface area (Å²) in [6, 6.07) is 7.85. The first-order valence-electron chi connectivity index (χ1n) is 8.58. The van der Waals surface area contributed by atoms with Gasteiger partial charge in [0, 0.05) is 19.5 Å². The fourth-order valence-electron chi connectivity index (χ4n) is 3.13. The summed E-state index contributed by atoms with van der Waals surface area (Å²) in [4.78, 5) is 30.3. The molecule has 0 spiro atoms. The van der Waals surface area contributed by atoms with Crippen molar-refractivity contribution in [3.63, 3.8) is 0 Å². The zero-order chi connectivity index (χ0) is 17.8. The van der Waals surface area contributed by atoms with E-state index in [0.717, 1.165) is 11.3 Å². The van der Waals surface area contributed by atoms with Crippen molar-refractivity contribution in [2.75, 3.05) is 19.6 Å².